The zero-order chi connectivity index (χ0) is 15.1. The molecule has 0 radical (unpaired) electrons. The highest BCUT2D eigenvalue weighted by atomic mass is 127. The number of nitrogens with zero attached hydrogens (tertiary/aromatic N) is 3. The van der Waals surface area contributed by atoms with Crippen LogP contribution in [0.25, 0.3) is 0 Å². The number of rotatable bonds is 6. The molecule has 2 aromatic rings. The highest BCUT2D eigenvalue weighted by Gasteiger charge is 1.98. The van der Waals surface area contributed by atoms with E-state index in [1.807, 2.05) is 43.7 Å². The van der Waals surface area contributed by atoms with Crippen molar-refractivity contribution in [2.45, 2.75) is 12.8 Å². The monoisotopic (exact) mass is 415 g/mol. The Morgan fingerprint density at radius 3 is 2.95 bits per heavy atom. The van der Waals surface area contributed by atoms with E-state index in [0.29, 0.717) is 12.5 Å². The van der Waals surface area contributed by atoms with Crippen molar-refractivity contribution >= 4 is 35.6 Å². The third-order valence-corrected chi connectivity index (χ3v) is 3.01. The molecule has 0 fully saturated rings. The maximum absolute atomic E-state index is 5.86. The molecule has 22 heavy (non-hydrogen) atoms. The summed E-state index contributed by atoms with van der Waals surface area (Å²) >= 11 is 0. The van der Waals surface area contributed by atoms with Crippen LogP contribution in [-0.2, 0) is 13.5 Å². The maximum atomic E-state index is 5.86. The lowest BCUT2D eigenvalue weighted by molar-refractivity contribution is 0.415. The van der Waals surface area contributed by atoms with Gasteiger partial charge in [-0.05, 0) is 30.5 Å². The first-order valence-corrected chi connectivity index (χ1v) is 6.86. The molecule has 3 N–H and O–H groups in total. The van der Waals surface area contributed by atoms with Crippen molar-refractivity contribution in [1.82, 2.24) is 9.78 Å². The molecule has 1 heterocycles. The third-order valence-electron chi connectivity index (χ3n) is 3.01. The van der Waals surface area contributed by atoms with Crippen LogP contribution in [0.15, 0.2) is 41.7 Å². The quantitative estimate of drug-likeness (QED) is 0.329. The lowest BCUT2D eigenvalue weighted by Crippen LogP contribution is -2.22. The van der Waals surface area contributed by atoms with Gasteiger partial charge in [0.15, 0.2) is 5.96 Å². The first-order valence-electron chi connectivity index (χ1n) is 6.86. The topological polar surface area (TPSA) is 77.5 Å². The Morgan fingerprint density at radius 1 is 1.45 bits per heavy atom. The Balaban J connectivity index is 0.00000242. The van der Waals surface area contributed by atoms with E-state index in [0.717, 1.165) is 24.3 Å². The highest BCUT2D eigenvalue weighted by molar-refractivity contribution is 14.0. The zero-order valence-corrected chi connectivity index (χ0v) is 15.2. The normalized spacial score (nSPS) is 10.9. The third kappa shape index (κ3) is 5.92. The maximum Gasteiger partial charge on any atom is 0.193 e. The van der Waals surface area contributed by atoms with E-state index in [1.54, 1.807) is 11.8 Å². The van der Waals surface area contributed by atoms with Crippen LogP contribution >= 0.6 is 24.0 Å². The summed E-state index contributed by atoms with van der Waals surface area (Å²) in [6.45, 7) is 0.678. The molecular formula is C15H22IN5O. The summed E-state index contributed by atoms with van der Waals surface area (Å²) in [7, 11) is 3.55. The highest BCUT2D eigenvalue weighted by Crippen LogP contribution is 2.16. The number of ether oxygens (including phenoxy) is 1. The number of aryl methyl sites for hydroxylation is 2. The molecule has 0 aliphatic rings. The standard InChI is InChI=1S/C15H21N5O.HI/c1-20-11-12(10-18-20)5-4-8-17-15(16)19-13-6-3-7-14(9-13)21-2;/h3,6-7,9-11H,4-5,8H2,1-2H3,(H3,16,17,19);1H. The molecule has 2 rings (SSSR count). The van der Waals surface area contributed by atoms with Crippen molar-refractivity contribution in [1.29, 1.82) is 0 Å². The van der Waals surface area contributed by atoms with E-state index in [4.69, 9.17) is 10.5 Å². The Labute approximate surface area is 147 Å². The molecule has 6 nitrogen and oxygen atoms in total. The minimum atomic E-state index is 0. The average Bonchev–Trinajstić information content (AvgIpc) is 2.89. The van der Waals surface area contributed by atoms with Gasteiger partial charge in [-0.3, -0.25) is 9.67 Å². The van der Waals surface area contributed by atoms with E-state index in [-0.39, 0.29) is 24.0 Å². The van der Waals surface area contributed by atoms with E-state index in [2.05, 4.69) is 15.4 Å². The Bertz CT molecular complexity index is 611. The van der Waals surface area contributed by atoms with Crippen LogP contribution in [0, 0.1) is 0 Å². The van der Waals surface area contributed by atoms with Crippen molar-refractivity contribution in [3.8, 4) is 5.75 Å². The van der Waals surface area contributed by atoms with Crippen molar-refractivity contribution in [2.24, 2.45) is 17.8 Å². The Morgan fingerprint density at radius 2 is 2.27 bits per heavy atom. The van der Waals surface area contributed by atoms with E-state index in [1.165, 1.54) is 5.56 Å². The fourth-order valence-electron chi connectivity index (χ4n) is 1.97. The van der Waals surface area contributed by atoms with Crippen LogP contribution in [0.1, 0.15) is 12.0 Å². The summed E-state index contributed by atoms with van der Waals surface area (Å²) in [4.78, 5) is 4.31. The number of aromatic nitrogens is 2. The van der Waals surface area contributed by atoms with Gasteiger partial charge in [0.2, 0.25) is 0 Å². The van der Waals surface area contributed by atoms with Crippen molar-refractivity contribution in [2.75, 3.05) is 19.0 Å². The first-order chi connectivity index (χ1) is 10.2. The van der Waals surface area contributed by atoms with Gasteiger partial charge in [-0.2, -0.15) is 5.10 Å². The van der Waals surface area contributed by atoms with E-state index < -0.39 is 0 Å². The van der Waals surface area contributed by atoms with E-state index >= 15 is 0 Å². The number of halogens is 1. The van der Waals surface area contributed by atoms with Gasteiger partial charge in [0.05, 0.1) is 13.3 Å². The van der Waals surface area contributed by atoms with Gasteiger partial charge < -0.3 is 15.8 Å². The van der Waals surface area contributed by atoms with Gasteiger partial charge in [-0.15, -0.1) is 24.0 Å². The summed E-state index contributed by atoms with van der Waals surface area (Å²) in [5.41, 5.74) is 7.94. The fourth-order valence-corrected chi connectivity index (χ4v) is 1.97. The molecule has 1 aromatic heterocycles. The number of hydrogen-bond donors (Lipinski definition) is 2. The van der Waals surface area contributed by atoms with Gasteiger partial charge in [0.25, 0.3) is 0 Å². The predicted molar refractivity (Wildman–Crippen MR) is 100 cm³/mol. The molecule has 0 saturated heterocycles. The van der Waals surface area contributed by atoms with Crippen molar-refractivity contribution < 1.29 is 4.74 Å². The molecule has 0 bridgehead atoms. The average molecular weight is 415 g/mol. The summed E-state index contributed by atoms with van der Waals surface area (Å²) in [6.07, 6.45) is 5.78. The number of guanidine groups is 1. The number of anilines is 1. The largest absolute Gasteiger partial charge is 0.497 e. The number of nitrogens with two attached hydrogens (primary N) is 1. The van der Waals surface area contributed by atoms with Gasteiger partial charge in [0.1, 0.15) is 5.75 Å². The zero-order valence-electron chi connectivity index (χ0n) is 12.8. The molecule has 1 aromatic carbocycles. The van der Waals surface area contributed by atoms with Gasteiger partial charge in [-0.1, -0.05) is 6.07 Å². The molecule has 0 aliphatic heterocycles. The minimum Gasteiger partial charge on any atom is -0.497 e. The predicted octanol–water partition coefficient (Wildman–Crippen LogP) is 2.41. The molecule has 7 heteroatoms. The number of aliphatic imine (C=N–C) groups is 1. The number of hydrogen-bond acceptors (Lipinski definition) is 3. The fraction of sp³-hybridized carbons (Fsp3) is 0.333. The van der Waals surface area contributed by atoms with Gasteiger partial charge in [-0.25, -0.2) is 0 Å². The van der Waals surface area contributed by atoms with Crippen molar-refractivity contribution in [3.05, 3.63) is 42.2 Å². The number of methoxy groups -OCH3 is 1. The molecule has 0 aliphatic carbocycles. The molecule has 120 valence electrons. The molecule has 0 atom stereocenters. The Hall–Kier alpha value is -1.77. The second-order valence-corrected chi connectivity index (χ2v) is 4.75. The van der Waals surface area contributed by atoms with Crippen LogP contribution in [0.2, 0.25) is 0 Å². The van der Waals surface area contributed by atoms with E-state index in [9.17, 15) is 0 Å². The summed E-state index contributed by atoms with van der Waals surface area (Å²) in [5.74, 6) is 1.19. The smallest absolute Gasteiger partial charge is 0.193 e. The summed E-state index contributed by atoms with van der Waals surface area (Å²) in [5, 5.41) is 7.19. The van der Waals surface area contributed by atoms with Crippen LogP contribution in [0.4, 0.5) is 5.69 Å². The molecule has 0 spiro atoms. The number of nitrogens with one attached hydrogen (secondary N) is 1. The van der Waals surface area contributed by atoms with Crippen LogP contribution in [0.3, 0.4) is 0 Å². The van der Waals surface area contributed by atoms with Crippen LogP contribution < -0.4 is 15.8 Å². The molecule has 0 saturated carbocycles. The Kier molecular flexibility index (Phi) is 7.72. The molecule has 0 amide bonds. The van der Waals surface area contributed by atoms with Crippen LogP contribution in [-0.4, -0.2) is 29.4 Å². The molecular weight excluding hydrogens is 393 g/mol. The second kappa shape index (κ2) is 9.29. The molecule has 0 unspecified atom stereocenters. The van der Waals surface area contributed by atoms with Gasteiger partial charge in [0, 0.05) is 31.5 Å². The SMILES string of the molecule is COc1cccc(NC(N)=NCCCc2cnn(C)c2)c1.I. The van der Waals surface area contributed by atoms with Crippen LogP contribution in [0.5, 0.6) is 5.75 Å². The van der Waals surface area contributed by atoms with Gasteiger partial charge >= 0.3 is 0 Å². The second-order valence-electron chi connectivity index (χ2n) is 4.75. The summed E-state index contributed by atoms with van der Waals surface area (Å²) in [6, 6.07) is 7.57. The first kappa shape index (κ1) is 18.3. The lowest BCUT2D eigenvalue weighted by atomic mass is 10.2. The minimum absolute atomic E-state index is 0. The lowest BCUT2D eigenvalue weighted by Gasteiger charge is -2.07. The van der Waals surface area contributed by atoms with Crippen molar-refractivity contribution in [3.63, 3.8) is 0 Å². The summed E-state index contributed by atoms with van der Waals surface area (Å²) < 4.78 is 6.96. The number of benzene rings is 1.